The molecule has 0 radical (unpaired) electrons. The lowest BCUT2D eigenvalue weighted by Gasteiger charge is -2.16. The van der Waals surface area contributed by atoms with E-state index in [1.165, 1.54) is 32.1 Å². The minimum atomic E-state index is -0.399. The molecule has 1 saturated carbocycles. The van der Waals surface area contributed by atoms with Crippen LogP contribution in [0.25, 0.3) is 0 Å². The van der Waals surface area contributed by atoms with Gasteiger partial charge in [0, 0.05) is 19.0 Å². The summed E-state index contributed by atoms with van der Waals surface area (Å²) in [6, 6.07) is 7.86. The zero-order valence-corrected chi connectivity index (χ0v) is 14.2. The zero-order chi connectivity index (χ0) is 16.2. The molecule has 122 valence electrons. The van der Waals surface area contributed by atoms with Crippen LogP contribution in [0.1, 0.15) is 53.0 Å². The molecule has 0 saturated heterocycles. The van der Waals surface area contributed by atoms with Crippen LogP contribution in [0, 0.1) is 0 Å². The van der Waals surface area contributed by atoms with E-state index in [9.17, 15) is 4.79 Å². The van der Waals surface area contributed by atoms with E-state index in [2.05, 4.69) is 5.10 Å². The van der Waals surface area contributed by atoms with Crippen LogP contribution in [0.2, 0.25) is 0 Å². The molecule has 1 amide bonds. The van der Waals surface area contributed by atoms with Gasteiger partial charge in [-0.1, -0.05) is 42.7 Å². The van der Waals surface area contributed by atoms with Gasteiger partial charge >= 0.3 is 0 Å². The molecular formula is C17H22N4OS. The molecule has 0 bridgehead atoms. The molecule has 1 aromatic heterocycles. The normalized spacial score (nSPS) is 16.7. The van der Waals surface area contributed by atoms with Gasteiger partial charge in [0.1, 0.15) is 5.01 Å². The average Bonchev–Trinajstić information content (AvgIpc) is 2.88. The van der Waals surface area contributed by atoms with Gasteiger partial charge < -0.3 is 5.73 Å². The number of aryl methyl sites for hydroxylation is 1. The lowest BCUT2D eigenvalue weighted by atomic mass is 9.96. The fraction of sp³-hybridized carbons (Fsp3) is 0.471. The Morgan fingerprint density at radius 3 is 2.91 bits per heavy atom. The Bertz CT molecular complexity index is 756. The molecule has 0 unspecified atom stereocenters. The SMILES string of the molecule is Cn1nc(Cc2cccc(C(N)=O)c2)sc1=NC1CCCCC1. The molecule has 0 atom stereocenters. The summed E-state index contributed by atoms with van der Waals surface area (Å²) in [5.74, 6) is -0.399. The number of primary amides is 1. The second kappa shape index (κ2) is 7.08. The standard InChI is InChI=1S/C17H22N4OS/c1-21-17(19-14-8-3-2-4-9-14)23-15(20-21)11-12-6-5-7-13(10-12)16(18)22/h5-7,10,14H,2-4,8-9,11H2,1H3,(H2,18,22). The van der Waals surface area contributed by atoms with Gasteiger partial charge in [0.05, 0.1) is 6.04 Å². The first-order valence-corrected chi connectivity index (χ1v) is 8.89. The number of hydrogen-bond donors (Lipinski definition) is 1. The summed E-state index contributed by atoms with van der Waals surface area (Å²) in [5, 5.41) is 5.57. The van der Waals surface area contributed by atoms with Crippen molar-refractivity contribution in [1.29, 1.82) is 0 Å². The predicted molar refractivity (Wildman–Crippen MR) is 91.3 cm³/mol. The molecule has 6 heteroatoms. The highest BCUT2D eigenvalue weighted by atomic mass is 32.1. The smallest absolute Gasteiger partial charge is 0.248 e. The maximum atomic E-state index is 11.3. The van der Waals surface area contributed by atoms with Crippen molar-refractivity contribution in [2.24, 2.45) is 17.8 Å². The van der Waals surface area contributed by atoms with Crippen molar-refractivity contribution in [2.75, 3.05) is 0 Å². The number of nitrogens with two attached hydrogens (primary N) is 1. The summed E-state index contributed by atoms with van der Waals surface area (Å²) in [5.41, 5.74) is 6.92. The van der Waals surface area contributed by atoms with Gasteiger partial charge in [-0.05, 0) is 30.5 Å². The molecule has 0 spiro atoms. The van der Waals surface area contributed by atoms with Crippen LogP contribution in [0.4, 0.5) is 0 Å². The van der Waals surface area contributed by atoms with Crippen molar-refractivity contribution in [3.8, 4) is 0 Å². The minimum absolute atomic E-state index is 0.399. The number of rotatable bonds is 4. The van der Waals surface area contributed by atoms with E-state index in [0.717, 1.165) is 15.4 Å². The Balaban J connectivity index is 1.79. The van der Waals surface area contributed by atoms with Gasteiger partial charge in [0.25, 0.3) is 0 Å². The fourth-order valence-electron chi connectivity index (χ4n) is 2.96. The zero-order valence-electron chi connectivity index (χ0n) is 13.4. The first kappa shape index (κ1) is 15.9. The summed E-state index contributed by atoms with van der Waals surface area (Å²) in [6.07, 6.45) is 6.97. The summed E-state index contributed by atoms with van der Waals surface area (Å²) >= 11 is 1.63. The number of amides is 1. The third-order valence-electron chi connectivity index (χ3n) is 4.18. The largest absolute Gasteiger partial charge is 0.366 e. The monoisotopic (exact) mass is 330 g/mol. The summed E-state index contributed by atoms with van der Waals surface area (Å²) in [6.45, 7) is 0. The Labute approximate surface area is 139 Å². The molecule has 2 aromatic rings. The van der Waals surface area contributed by atoms with E-state index in [4.69, 9.17) is 10.7 Å². The lowest BCUT2D eigenvalue weighted by molar-refractivity contribution is 0.1000. The van der Waals surface area contributed by atoms with Crippen LogP contribution in [0.15, 0.2) is 29.3 Å². The van der Waals surface area contributed by atoms with E-state index in [1.54, 1.807) is 17.4 Å². The molecular weight excluding hydrogens is 308 g/mol. The van der Waals surface area contributed by atoms with Crippen molar-refractivity contribution in [1.82, 2.24) is 9.78 Å². The Morgan fingerprint density at radius 2 is 2.17 bits per heavy atom. The fourth-order valence-corrected chi connectivity index (χ4v) is 3.95. The average molecular weight is 330 g/mol. The molecule has 0 aliphatic heterocycles. The van der Waals surface area contributed by atoms with Crippen molar-refractivity contribution in [3.63, 3.8) is 0 Å². The van der Waals surface area contributed by atoms with E-state index in [1.807, 2.05) is 29.9 Å². The Kier molecular flexibility index (Phi) is 4.91. The minimum Gasteiger partial charge on any atom is -0.366 e. The molecule has 2 N–H and O–H groups in total. The molecule has 3 rings (SSSR count). The van der Waals surface area contributed by atoms with Crippen LogP contribution < -0.4 is 10.5 Å². The molecule has 1 aromatic carbocycles. The van der Waals surface area contributed by atoms with Crippen LogP contribution in [0.5, 0.6) is 0 Å². The van der Waals surface area contributed by atoms with E-state index in [0.29, 0.717) is 18.0 Å². The highest BCUT2D eigenvalue weighted by Gasteiger charge is 2.13. The maximum absolute atomic E-state index is 11.3. The third-order valence-corrected chi connectivity index (χ3v) is 5.20. The first-order chi connectivity index (χ1) is 11.1. The number of hydrogen-bond acceptors (Lipinski definition) is 4. The second-order valence-corrected chi connectivity index (χ2v) is 7.10. The number of benzene rings is 1. The summed E-state index contributed by atoms with van der Waals surface area (Å²) < 4.78 is 1.87. The van der Waals surface area contributed by atoms with Gasteiger partial charge in [0.2, 0.25) is 10.7 Å². The number of carbonyl (C=O) groups excluding carboxylic acids is 1. The van der Waals surface area contributed by atoms with Crippen molar-refractivity contribution in [3.05, 3.63) is 45.2 Å². The van der Waals surface area contributed by atoms with E-state index >= 15 is 0 Å². The quantitative estimate of drug-likeness (QED) is 0.935. The molecule has 1 aliphatic rings. The van der Waals surface area contributed by atoms with E-state index in [-0.39, 0.29) is 0 Å². The van der Waals surface area contributed by atoms with Gasteiger partial charge in [-0.2, -0.15) is 5.10 Å². The lowest BCUT2D eigenvalue weighted by Crippen LogP contribution is -2.18. The predicted octanol–water partition coefficient (Wildman–Crippen LogP) is 2.40. The molecule has 5 nitrogen and oxygen atoms in total. The molecule has 23 heavy (non-hydrogen) atoms. The molecule has 1 fully saturated rings. The summed E-state index contributed by atoms with van der Waals surface area (Å²) in [4.78, 5) is 17.1. The van der Waals surface area contributed by atoms with Gasteiger partial charge in [0.15, 0.2) is 0 Å². The van der Waals surface area contributed by atoms with Crippen molar-refractivity contribution >= 4 is 17.2 Å². The van der Waals surface area contributed by atoms with Crippen LogP contribution in [0.3, 0.4) is 0 Å². The van der Waals surface area contributed by atoms with Gasteiger partial charge in [-0.15, -0.1) is 0 Å². The van der Waals surface area contributed by atoms with Gasteiger partial charge in [-0.3, -0.25) is 9.79 Å². The Hall–Kier alpha value is -1.95. The van der Waals surface area contributed by atoms with Crippen LogP contribution in [-0.2, 0) is 13.5 Å². The van der Waals surface area contributed by atoms with Crippen LogP contribution >= 0.6 is 11.3 Å². The van der Waals surface area contributed by atoms with Crippen molar-refractivity contribution in [2.45, 2.75) is 44.6 Å². The Morgan fingerprint density at radius 1 is 1.39 bits per heavy atom. The second-order valence-electron chi connectivity index (χ2n) is 6.06. The highest BCUT2D eigenvalue weighted by molar-refractivity contribution is 7.08. The highest BCUT2D eigenvalue weighted by Crippen LogP contribution is 2.20. The molecule has 1 heterocycles. The first-order valence-electron chi connectivity index (χ1n) is 8.07. The van der Waals surface area contributed by atoms with Gasteiger partial charge in [-0.25, -0.2) is 4.68 Å². The maximum Gasteiger partial charge on any atom is 0.248 e. The third kappa shape index (κ3) is 4.07. The summed E-state index contributed by atoms with van der Waals surface area (Å²) in [7, 11) is 1.95. The molecule has 1 aliphatic carbocycles. The number of aromatic nitrogens is 2. The number of carbonyl (C=O) groups is 1. The topological polar surface area (TPSA) is 73.3 Å². The van der Waals surface area contributed by atoms with E-state index < -0.39 is 5.91 Å². The number of nitrogens with zero attached hydrogens (tertiary/aromatic N) is 3. The van der Waals surface area contributed by atoms with Crippen LogP contribution in [-0.4, -0.2) is 21.7 Å². The van der Waals surface area contributed by atoms with Crippen molar-refractivity contribution < 1.29 is 4.79 Å².